The number of hydrogen-bond donors (Lipinski definition) is 1. The van der Waals surface area contributed by atoms with Gasteiger partial charge in [-0.3, -0.25) is 4.79 Å². The second kappa shape index (κ2) is 9.66. The molecule has 0 saturated carbocycles. The fraction of sp³-hybridized carbons (Fsp3) is 0.318. The van der Waals surface area contributed by atoms with Gasteiger partial charge in [0.2, 0.25) is 5.91 Å². The van der Waals surface area contributed by atoms with Gasteiger partial charge in [-0.25, -0.2) is 0 Å². The van der Waals surface area contributed by atoms with E-state index in [1.807, 2.05) is 42.5 Å². The van der Waals surface area contributed by atoms with Crippen molar-refractivity contribution in [3.8, 4) is 11.5 Å². The summed E-state index contributed by atoms with van der Waals surface area (Å²) in [7, 11) is 1.61. The van der Waals surface area contributed by atoms with Crippen molar-refractivity contribution >= 4 is 17.7 Å². The molecule has 0 aliphatic heterocycles. The number of carbonyl (C=O) groups excluding carboxylic acids is 1. The number of anilines is 1. The van der Waals surface area contributed by atoms with E-state index in [2.05, 4.69) is 26.1 Å². The molecular formula is C22H27NO3. The van der Waals surface area contributed by atoms with E-state index in [-0.39, 0.29) is 5.91 Å². The molecule has 26 heavy (non-hydrogen) atoms. The van der Waals surface area contributed by atoms with Crippen LogP contribution in [-0.2, 0) is 4.79 Å². The third-order valence-corrected chi connectivity index (χ3v) is 3.92. The molecule has 0 fully saturated rings. The van der Waals surface area contributed by atoms with E-state index in [1.165, 1.54) is 6.08 Å². The van der Waals surface area contributed by atoms with Crippen molar-refractivity contribution in [1.82, 2.24) is 0 Å². The number of nitrogens with one attached hydrogen (secondary N) is 1. The van der Waals surface area contributed by atoms with Crippen LogP contribution in [-0.4, -0.2) is 19.6 Å². The van der Waals surface area contributed by atoms with E-state index >= 15 is 0 Å². The SMILES string of the molecule is CCCOc1ccc(/C=C/C(=O)Nc2ccccc2C(C)C)cc1OC. The predicted octanol–water partition coefficient (Wildman–Crippen LogP) is 5.26. The summed E-state index contributed by atoms with van der Waals surface area (Å²) in [6.07, 6.45) is 4.22. The van der Waals surface area contributed by atoms with Crippen molar-refractivity contribution in [3.63, 3.8) is 0 Å². The Morgan fingerprint density at radius 1 is 1.15 bits per heavy atom. The molecular weight excluding hydrogens is 326 g/mol. The van der Waals surface area contributed by atoms with Gasteiger partial charge in [0, 0.05) is 11.8 Å². The third kappa shape index (κ3) is 5.38. The van der Waals surface area contributed by atoms with Gasteiger partial charge < -0.3 is 14.8 Å². The summed E-state index contributed by atoms with van der Waals surface area (Å²) in [6.45, 7) is 6.91. The first-order chi connectivity index (χ1) is 12.5. The van der Waals surface area contributed by atoms with Crippen LogP contribution < -0.4 is 14.8 Å². The van der Waals surface area contributed by atoms with Gasteiger partial charge in [0.05, 0.1) is 13.7 Å². The van der Waals surface area contributed by atoms with Crippen molar-refractivity contribution < 1.29 is 14.3 Å². The molecule has 0 bridgehead atoms. The molecule has 4 nitrogen and oxygen atoms in total. The van der Waals surface area contributed by atoms with Gasteiger partial charge >= 0.3 is 0 Å². The first kappa shape index (κ1) is 19.6. The monoisotopic (exact) mass is 353 g/mol. The summed E-state index contributed by atoms with van der Waals surface area (Å²) in [4.78, 5) is 12.3. The van der Waals surface area contributed by atoms with Gasteiger partial charge in [0.25, 0.3) is 0 Å². The van der Waals surface area contributed by atoms with Crippen molar-refractivity contribution in [2.24, 2.45) is 0 Å². The molecule has 0 aliphatic rings. The number of ether oxygens (including phenoxy) is 2. The number of amides is 1. The first-order valence-electron chi connectivity index (χ1n) is 8.94. The van der Waals surface area contributed by atoms with Crippen molar-refractivity contribution in [3.05, 3.63) is 59.7 Å². The molecule has 0 radical (unpaired) electrons. The van der Waals surface area contributed by atoms with Crippen LogP contribution in [0.5, 0.6) is 11.5 Å². The van der Waals surface area contributed by atoms with Crippen molar-refractivity contribution in [2.45, 2.75) is 33.1 Å². The standard InChI is InChI=1S/C22H27NO3/c1-5-14-26-20-12-10-17(15-21(20)25-4)11-13-22(24)23-19-9-7-6-8-18(19)16(2)3/h6-13,15-16H,5,14H2,1-4H3,(H,23,24)/b13-11+. The second-order valence-corrected chi connectivity index (χ2v) is 6.32. The van der Waals surface area contributed by atoms with Crippen molar-refractivity contribution in [1.29, 1.82) is 0 Å². The highest BCUT2D eigenvalue weighted by Gasteiger charge is 2.08. The molecule has 138 valence electrons. The van der Waals surface area contributed by atoms with E-state index in [1.54, 1.807) is 13.2 Å². The highest BCUT2D eigenvalue weighted by atomic mass is 16.5. The van der Waals surface area contributed by atoms with Crippen LogP contribution in [0.25, 0.3) is 6.08 Å². The summed E-state index contributed by atoms with van der Waals surface area (Å²) in [5.41, 5.74) is 2.84. The van der Waals surface area contributed by atoms with E-state index in [9.17, 15) is 4.79 Å². The Bertz CT molecular complexity index is 766. The minimum atomic E-state index is -0.164. The largest absolute Gasteiger partial charge is 0.493 e. The van der Waals surface area contributed by atoms with Crippen LogP contribution >= 0.6 is 0 Å². The zero-order chi connectivity index (χ0) is 18.9. The maximum Gasteiger partial charge on any atom is 0.248 e. The van der Waals surface area contributed by atoms with Crippen LogP contribution in [0, 0.1) is 0 Å². The molecule has 2 aromatic rings. The quantitative estimate of drug-likeness (QED) is 0.659. The molecule has 0 aliphatic carbocycles. The fourth-order valence-electron chi connectivity index (χ4n) is 2.58. The third-order valence-electron chi connectivity index (χ3n) is 3.92. The normalized spacial score (nSPS) is 11.0. The average Bonchev–Trinajstić information content (AvgIpc) is 2.65. The number of carbonyl (C=O) groups is 1. The lowest BCUT2D eigenvalue weighted by atomic mass is 10.0. The lowest BCUT2D eigenvalue weighted by molar-refractivity contribution is -0.111. The molecule has 0 spiro atoms. The minimum Gasteiger partial charge on any atom is -0.493 e. The summed E-state index contributed by atoms with van der Waals surface area (Å²) < 4.78 is 11.0. The molecule has 0 heterocycles. The Balaban J connectivity index is 2.08. The molecule has 0 atom stereocenters. The van der Waals surface area contributed by atoms with Gasteiger partial charge in [0.15, 0.2) is 11.5 Å². The maximum absolute atomic E-state index is 12.3. The lowest BCUT2D eigenvalue weighted by Gasteiger charge is -2.12. The molecule has 1 amide bonds. The summed E-state index contributed by atoms with van der Waals surface area (Å²) in [5, 5.41) is 2.95. The predicted molar refractivity (Wildman–Crippen MR) is 107 cm³/mol. The van der Waals surface area contributed by atoms with Crippen molar-refractivity contribution in [2.75, 3.05) is 19.0 Å². The van der Waals surface area contributed by atoms with E-state index in [0.29, 0.717) is 24.0 Å². The molecule has 0 unspecified atom stereocenters. The van der Waals surface area contributed by atoms with Gasteiger partial charge in [-0.05, 0) is 47.7 Å². The van der Waals surface area contributed by atoms with Crippen LogP contribution in [0.2, 0.25) is 0 Å². The Kier molecular flexibility index (Phi) is 7.27. The Labute approximate surface area is 155 Å². The van der Waals surface area contributed by atoms with Crippen LogP contribution in [0.3, 0.4) is 0 Å². The minimum absolute atomic E-state index is 0.164. The average molecular weight is 353 g/mol. The summed E-state index contributed by atoms with van der Waals surface area (Å²) in [6, 6.07) is 13.5. The Hall–Kier alpha value is -2.75. The molecule has 0 aromatic heterocycles. The zero-order valence-corrected chi connectivity index (χ0v) is 15.9. The van der Waals surface area contributed by atoms with E-state index in [0.717, 1.165) is 23.2 Å². The number of methoxy groups -OCH3 is 1. The second-order valence-electron chi connectivity index (χ2n) is 6.32. The summed E-state index contributed by atoms with van der Waals surface area (Å²) in [5.74, 6) is 1.55. The maximum atomic E-state index is 12.3. The van der Waals surface area contributed by atoms with E-state index in [4.69, 9.17) is 9.47 Å². The number of benzene rings is 2. The van der Waals surface area contributed by atoms with Crippen LogP contribution in [0.15, 0.2) is 48.5 Å². The van der Waals surface area contributed by atoms with Gasteiger partial charge in [-0.1, -0.05) is 45.0 Å². The van der Waals surface area contributed by atoms with Gasteiger partial charge in [-0.2, -0.15) is 0 Å². The van der Waals surface area contributed by atoms with Gasteiger partial charge in [0.1, 0.15) is 0 Å². The lowest BCUT2D eigenvalue weighted by Crippen LogP contribution is -2.10. The highest BCUT2D eigenvalue weighted by molar-refractivity contribution is 6.02. The topological polar surface area (TPSA) is 47.6 Å². The zero-order valence-electron chi connectivity index (χ0n) is 15.9. The molecule has 0 saturated heterocycles. The highest BCUT2D eigenvalue weighted by Crippen LogP contribution is 2.29. The molecule has 2 aromatic carbocycles. The van der Waals surface area contributed by atoms with Crippen LogP contribution in [0.1, 0.15) is 44.2 Å². The van der Waals surface area contributed by atoms with Gasteiger partial charge in [-0.15, -0.1) is 0 Å². The molecule has 2 rings (SSSR count). The van der Waals surface area contributed by atoms with Crippen LogP contribution in [0.4, 0.5) is 5.69 Å². The number of para-hydroxylation sites is 1. The Morgan fingerprint density at radius 3 is 2.62 bits per heavy atom. The Morgan fingerprint density at radius 2 is 1.92 bits per heavy atom. The first-order valence-corrected chi connectivity index (χ1v) is 8.94. The number of hydrogen-bond acceptors (Lipinski definition) is 3. The fourth-order valence-corrected chi connectivity index (χ4v) is 2.58. The summed E-state index contributed by atoms with van der Waals surface area (Å²) >= 11 is 0. The smallest absolute Gasteiger partial charge is 0.248 e. The molecule has 1 N–H and O–H groups in total. The number of rotatable bonds is 8. The van der Waals surface area contributed by atoms with E-state index < -0.39 is 0 Å². The molecule has 4 heteroatoms.